The van der Waals surface area contributed by atoms with Crippen molar-refractivity contribution >= 4 is 22.6 Å². The molecule has 0 aliphatic rings. The minimum Gasteiger partial charge on any atom is -0.396 e. The van der Waals surface area contributed by atoms with Crippen LogP contribution in [0.2, 0.25) is 0 Å². The van der Waals surface area contributed by atoms with Crippen LogP contribution in [0.1, 0.15) is 6.92 Å². The molecule has 0 bridgehead atoms. The molecule has 0 saturated heterocycles. The van der Waals surface area contributed by atoms with Gasteiger partial charge in [0.25, 0.3) is 0 Å². The second-order valence-electron chi connectivity index (χ2n) is 1.72. The fourth-order valence-electron chi connectivity index (χ4n) is 0.116. The zero-order chi connectivity index (χ0) is 6.78. The van der Waals surface area contributed by atoms with Crippen LogP contribution in [0, 0.1) is 5.92 Å². The largest absolute Gasteiger partial charge is 0.396 e. The molecule has 1 unspecified atom stereocenters. The van der Waals surface area contributed by atoms with Crippen molar-refractivity contribution in [2.75, 3.05) is 6.61 Å². The van der Waals surface area contributed by atoms with Gasteiger partial charge in [-0.1, -0.05) is 6.92 Å². The highest BCUT2D eigenvalue weighted by atomic mass is 127. The smallest absolute Gasteiger partial charge is 0.221 e. The lowest BCUT2D eigenvalue weighted by atomic mass is 10.2. The molecule has 3 nitrogen and oxygen atoms in total. The van der Waals surface area contributed by atoms with E-state index in [-0.39, 0.29) is 6.61 Å². The van der Waals surface area contributed by atoms with Gasteiger partial charge in [0.05, 0.1) is 6.61 Å². The van der Waals surface area contributed by atoms with Crippen LogP contribution in [0.5, 0.6) is 0 Å². The normalized spacial score (nSPS) is 16.1. The minimum atomic E-state index is -1.77. The highest BCUT2D eigenvalue weighted by Gasteiger charge is 2.25. The first kappa shape index (κ1) is 8.61. The Morgan fingerprint density at radius 3 is 2.00 bits per heavy atom. The SMILES string of the molecule is CC(CO)C(O)(O)I. The zero-order valence-electron chi connectivity index (χ0n) is 4.50. The van der Waals surface area contributed by atoms with E-state index in [1.165, 1.54) is 22.6 Å². The lowest BCUT2D eigenvalue weighted by Gasteiger charge is -2.19. The van der Waals surface area contributed by atoms with Crippen LogP contribution < -0.4 is 0 Å². The van der Waals surface area contributed by atoms with E-state index in [0.29, 0.717) is 0 Å². The molecule has 0 aromatic carbocycles. The van der Waals surface area contributed by atoms with Gasteiger partial charge in [-0.15, -0.1) is 0 Å². The molecule has 0 fully saturated rings. The van der Waals surface area contributed by atoms with Crippen LogP contribution in [0.3, 0.4) is 0 Å². The molecule has 4 heteroatoms. The maximum absolute atomic E-state index is 8.67. The van der Waals surface area contributed by atoms with Crippen LogP contribution >= 0.6 is 22.6 Å². The lowest BCUT2D eigenvalue weighted by molar-refractivity contribution is -0.108. The highest BCUT2D eigenvalue weighted by Crippen LogP contribution is 2.20. The van der Waals surface area contributed by atoms with Crippen molar-refractivity contribution in [2.45, 2.75) is 10.7 Å². The van der Waals surface area contributed by atoms with Gasteiger partial charge in [-0.25, -0.2) is 0 Å². The van der Waals surface area contributed by atoms with Gasteiger partial charge in [0.2, 0.25) is 3.79 Å². The summed E-state index contributed by atoms with van der Waals surface area (Å²) in [5.41, 5.74) is 0. The number of alkyl halides is 1. The van der Waals surface area contributed by atoms with Gasteiger partial charge in [0.15, 0.2) is 0 Å². The summed E-state index contributed by atoms with van der Waals surface area (Å²) in [5, 5.41) is 25.7. The van der Waals surface area contributed by atoms with Crippen LogP contribution in [0.25, 0.3) is 0 Å². The molecule has 0 amide bonds. The van der Waals surface area contributed by atoms with Gasteiger partial charge in [-0.3, -0.25) is 0 Å². The van der Waals surface area contributed by atoms with Gasteiger partial charge in [0, 0.05) is 5.92 Å². The van der Waals surface area contributed by atoms with E-state index in [4.69, 9.17) is 15.3 Å². The van der Waals surface area contributed by atoms with Gasteiger partial charge in [-0.05, 0) is 22.6 Å². The molecule has 0 heterocycles. The van der Waals surface area contributed by atoms with Gasteiger partial charge >= 0.3 is 0 Å². The predicted octanol–water partition coefficient (Wildman–Crippen LogP) is -0.312. The van der Waals surface area contributed by atoms with Crippen molar-refractivity contribution < 1.29 is 15.3 Å². The lowest BCUT2D eigenvalue weighted by Crippen LogP contribution is -2.30. The Morgan fingerprint density at radius 2 is 2.00 bits per heavy atom. The Labute approximate surface area is 61.5 Å². The van der Waals surface area contributed by atoms with Crippen molar-refractivity contribution in [3.05, 3.63) is 0 Å². The number of hydrogen-bond donors (Lipinski definition) is 3. The van der Waals surface area contributed by atoms with Gasteiger partial charge < -0.3 is 15.3 Å². The number of aliphatic hydroxyl groups excluding tert-OH is 1. The first-order valence-corrected chi connectivity index (χ1v) is 3.31. The molecule has 0 spiro atoms. The number of halogens is 1. The summed E-state index contributed by atoms with van der Waals surface area (Å²) in [5.74, 6) is -0.497. The number of aliphatic hydroxyl groups is 3. The maximum Gasteiger partial charge on any atom is 0.221 e. The molecule has 0 aromatic heterocycles. The molecule has 0 saturated carbocycles. The predicted molar refractivity (Wildman–Crippen MR) is 37.4 cm³/mol. The Balaban J connectivity index is 3.62. The molecule has 0 radical (unpaired) electrons. The summed E-state index contributed by atoms with van der Waals surface area (Å²) in [6, 6.07) is 0. The Kier molecular flexibility index (Phi) is 3.18. The van der Waals surface area contributed by atoms with E-state index >= 15 is 0 Å². The first-order valence-electron chi connectivity index (χ1n) is 2.23. The Morgan fingerprint density at radius 1 is 1.62 bits per heavy atom. The molecule has 1 atom stereocenters. The van der Waals surface area contributed by atoms with Crippen molar-refractivity contribution in [3.63, 3.8) is 0 Å². The van der Waals surface area contributed by atoms with Crippen molar-refractivity contribution in [1.29, 1.82) is 0 Å². The topological polar surface area (TPSA) is 60.7 Å². The van der Waals surface area contributed by atoms with Gasteiger partial charge in [0.1, 0.15) is 0 Å². The van der Waals surface area contributed by atoms with Crippen molar-refractivity contribution in [3.8, 4) is 0 Å². The summed E-state index contributed by atoms with van der Waals surface area (Å²) in [6.07, 6.45) is 0. The van der Waals surface area contributed by atoms with E-state index < -0.39 is 9.71 Å². The summed E-state index contributed by atoms with van der Waals surface area (Å²) in [4.78, 5) is 0. The third-order valence-corrected chi connectivity index (χ3v) is 1.96. The Hall–Kier alpha value is 0.610. The Bertz CT molecular complexity index is 68.2. The quantitative estimate of drug-likeness (QED) is 0.347. The van der Waals surface area contributed by atoms with E-state index in [0.717, 1.165) is 0 Å². The highest BCUT2D eigenvalue weighted by molar-refractivity contribution is 14.1. The molecule has 3 N–H and O–H groups in total. The molecular formula is C4H9IO3. The second-order valence-corrected chi connectivity index (χ2v) is 3.31. The molecular weight excluding hydrogens is 223 g/mol. The monoisotopic (exact) mass is 232 g/mol. The minimum absolute atomic E-state index is 0.212. The van der Waals surface area contributed by atoms with Crippen molar-refractivity contribution in [1.82, 2.24) is 0 Å². The number of rotatable bonds is 2. The molecule has 0 rings (SSSR count). The van der Waals surface area contributed by atoms with Crippen LogP contribution in [0.15, 0.2) is 0 Å². The summed E-state index contributed by atoms with van der Waals surface area (Å²) >= 11 is 1.45. The molecule has 0 aromatic rings. The standard InChI is InChI=1S/C4H9IO3/c1-3(2-6)4(5,7)8/h3,6-8H,2H2,1H3. The van der Waals surface area contributed by atoms with Crippen LogP contribution in [0.4, 0.5) is 0 Å². The third kappa shape index (κ3) is 2.81. The van der Waals surface area contributed by atoms with E-state index in [2.05, 4.69) is 0 Å². The van der Waals surface area contributed by atoms with E-state index in [1.807, 2.05) is 0 Å². The average Bonchev–Trinajstić information content (AvgIpc) is 1.62. The fourth-order valence-corrected chi connectivity index (χ4v) is 0.313. The molecule has 50 valence electrons. The van der Waals surface area contributed by atoms with Crippen molar-refractivity contribution in [2.24, 2.45) is 5.92 Å². The number of hydrogen-bond acceptors (Lipinski definition) is 3. The molecule has 0 aliphatic heterocycles. The molecule has 0 aliphatic carbocycles. The van der Waals surface area contributed by atoms with E-state index in [1.54, 1.807) is 6.92 Å². The average molecular weight is 232 g/mol. The van der Waals surface area contributed by atoms with Crippen LogP contribution in [-0.4, -0.2) is 25.7 Å². The summed E-state index contributed by atoms with van der Waals surface area (Å²) < 4.78 is -1.77. The first-order chi connectivity index (χ1) is 3.48. The summed E-state index contributed by atoms with van der Waals surface area (Å²) in [6.45, 7) is 1.34. The molecule has 8 heavy (non-hydrogen) atoms. The van der Waals surface area contributed by atoms with Crippen LogP contribution in [-0.2, 0) is 0 Å². The van der Waals surface area contributed by atoms with E-state index in [9.17, 15) is 0 Å². The zero-order valence-corrected chi connectivity index (χ0v) is 6.66. The maximum atomic E-state index is 8.67. The van der Waals surface area contributed by atoms with Gasteiger partial charge in [-0.2, -0.15) is 0 Å². The fraction of sp³-hybridized carbons (Fsp3) is 1.00. The third-order valence-electron chi connectivity index (χ3n) is 0.901. The second kappa shape index (κ2) is 2.95. The summed E-state index contributed by atoms with van der Waals surface area (Å²) in [7, 11) is 0.